The molecular weight excluding hydrogens is 184 g/mol. The van der Waals surface area contributed by atoms with Crippen LogP contribution in [0.4, 0.5) is 0 Å². The molecule has 2 rings (SSSR count). The summed E-state index contributed by atoms with van der Waals surface area (Å²) in [5.41, 5.74) is -0.810. The summed E-state index contributed by atoms with van der Waals surface area (Å²) in [6.07, 6.45) is 2.58. The zero-order valence-electron chi connectivity index (χ0n) is 8.11. The molecule has 2 aliphatic rings. The lowest BCUT2D eigenvalue weighted by molar-refractivity contribution is -0.155. The molecule has 1 heterocycles. The van der Waals surface area contributed by atoms with E-state index in [0.717, 1.165) is 19.3 Å². The summed E-state index contributed by atoms with van der Waals surface area (Å²) in [4.78, 5) is 11.3. The van der Waals surface area contributed by atoms with Crippen LogP contribution >= 0.6 is 0 Å². The van der Waals surface area contributed by atoms with Gasteiger partial charge in [-0.3, -0.25) is 4.79 Å². The first-order chi connectivity index (χ1) is 6.67. The highest BCUT2D eigenvalue weighted by atomic mass is 16.5. The molecule has 80 valence electrons. The largest absolute Gasteiger partial charge is 0.481 e. The van der Waals surface area contributed by atoms with E-state index in [1.807, 2.05) is 0 Å². The molecule has 0 radical (unpaired) electrons. The van der Waals surface area contributed by atoms with Gasteiger partial charge in [-0.2, -0.15) is 0 Å². The average Bonchev–Trinajstić information content (AvgIpc) is 2.72. The molecule has 2 N–H and O–H groups in total. The summed E-state index contributed by atoms with van der Waals surface area (Å²) in [5.74, 6) is -0.913. The van der Waals surface area contributed by atoms with E-state index in [-0.39, 0.29) is 12.5 Å². The van der Waals surface area contributed by atoms with E-state index in [1.165, 1.54) is 0 Å². The van der Waals surface area contributed by atoms with Gasteiger partial charge in [-0.1, -0.05) is 6.42 Å². The van der Waals surface area contributed by atoms with E-state index in [0.29, 0.717) is 13.0 Å². The van der Waals surface area contributed by atoms with Crippen molar-refractivity contribution < 1.29 is 19.7 Å². The Labute approximate surface area is 82.9 Å². The zero-order valence-corrected chi connectivity index (χ0v) is 8.11. The average molecular weight is 200 g/mol. The predicted molar refractivity (Wildman–Crippen MR) is 48.9 cm³/mol. The number of aliphatic hydroxyl groups excluding tert-OH is 1. The van der Waals surface area contributed by atoms with E-state index < -0.39 is 17.5 Å². The molecule has 1 saturated carbocycles. The van der Waals surface area contributed by atoms with Gasteiger partial charge in [0.05, 0.1) is 18.1 Å². The van der Waals surface area contributed by atoms with Gasteiger partial charge < -0.3 is 14.9 Å². The SMILES string of the molecule is O=C(O)C1(C2CCCC2O)CCOC1. The van der Waals surface area contributed by atoms with Crippen LogP contribution < -0.4 is 0 Å². The Hall–Kier alpha value is -0.610. The molecule has 1 aliphatic heterocycles. The summed E-state index contributed by atoms with van der Waals surface area (Å²) >= 11 is 0. The van der Waals surface area contributed by atoms with Crippen LogP contribution in [-0.4, -0.2) is 35.5 Å². The molecule has 4 heteroatoms. The van der Waals surface area contributed by atoms with Crippen molar-refractivity contribution in [3.8, 4) is 0 Å². The molecule has 3 atom stereocenters. The van der Waals surface area contributed by atoms with Crippen LogP contribution in [0.2, 0.25) is 0 Å². The van der Waals surface area contributed by atoms with Crippen molar-refractivity contribution in [1.82, 2.24) is 0 Å². The lowest BCUT2D eigenvalue weighted by Gasteiger charge is -2.31. The van der Waals surface area contributed by atoms with E-state index >= 15 is 0 Å². The molecule has 14 heavy (non-hydrogen) atoms. The Kier molecular flexibility index (Phi) is 2.49. The fourth-order valence-electron chi connectivity index (χ4n) is 2.79. The second-order valence-electron chi connectivity index (χ2n) is 4.37. The van der Waals surface area contributed by atoms with Crippen molar-refractivity contribution in [3.63, 3.8) is 0 Å². The highest BCUT2D eigenvalue weighted by molar-refractivity contribution is 5.75. The minimum Gasteiger partial charge on any atom is -0.481 e. The quantitative estimate of drug-likeness (QED) is 0.686. The third kappa shape index (κ3) is 1.33. The lowest BCUT2D eigenvalue weighted by Crippen LogP contribution is -2.42. The van der Waals surface area contributed by atoms with Gasteiger partial charge in [0.1, 0.15) is 0 Å². The van der Waals surface area contributed by atoms with Crippen LogP contribution in [0.25, 0.3) is 0 Å². The molecule has 4 nitrogen and oxygen atoms in total. The fraction of sp³-hybridized carbons (Fsp3) is 0.900. The van der Waals surface area contributed by atoms with Gasteiger partial charge in [0.2, 0.25) is 0 Å². The van der Waals surface area contributed by atoms with E-state index in [1.54, 1.807) is 0 Å². The minimum absolute atomic E-state index is 0.109. The Morgan fingerprint density at radius 1 is 1.43 bits per heavy atom. The summed E-state index contributed by atoms with van der Waals surface area (Å²) in [6.45, 7) is 0.777. The molecule has 0 bridgehead atoms. The van der Waals surface area contributed by atoms with Gasteiger partial charge in [-0.25, -0.2) is 0 Å². The number of carboxylic acids is 1. The third-order valence-corrected chi connectivity index (χ3v) is 3.67. The molecule has 2 fully saturated rings. The summed E-state index contributed by atoms with van der Waals surface area (Å²) in [7, 11) is 0. The monoisotopic (exact) mass is 200 g/mol. The first kappa shape index (κ1) is 9.93. The maximum atomic E-state index is 11.3. The van der Waals surface area contributed by atoms with Crippen molar-refractivity contribution in [2.45, 2.75) is 31.8 Å². The van der Waals surface area contributed by atoms with Crippen LogP contribution in [0.5, 0.6) is 0 Å². The topological polar surface area (TPSA) is 66.8 Å². The molecule has 1 aliphatic carbocycles. The maximum Gasteiger partial charge on any atom is 0.312 e. The Morgan fingerprint density at radius 2 is 2.21 bits per heavy atom. The molecule has 0 spiro atoms. The van der Waals surface area contributed by atoms with Crippen molar-refractivity contribution >= 4 is 5.97 Å². The first-order valence-corrected chi connectivity index (χ1v) is 5.16. The molecule has 0 amide bonds. The second kappa shape index (κ2) is 3.51. The number of carbonyl (C=O) groups is 1. The Balaban J connectivity index is 2.21. The second-order valence-corrected chi connectivity index (χ2v) is 4.37. The molecule has 0 aromatic heterocycles. The predicted octanol–water partition coefficient (Wildman–Crippen LogP) is 0.639. The Bertz CT molecular complexity index is 232. The molecular formula is C10H16O4. The van der Waals surface area contributed by atoms with E-state index in [2.05, 4.69) is 0 Å². The highest BCUT2D eigenvalue weighted by Crippen LogP contribution is 2.45. The molecule has 3 unspecified atom stereocenters. The van der Waals surface area contributed by atoms with Crippen molar-refractivity contribution in [2.75, 3.05) is 13.2 Å². The van der Waals surface area contributed by atoms with Gasteiger partial charge in [0, 0.05) is 12.5 Å². The van der Waals surface area contributed by atoms with E-state index in [4.69, 9.17) is 4.74 Å². The normalized spacial score (nSPS) is 42.9. The van der Waals surface area contributed by atoms with Crippen LogP contribution in [0.15, 0.2) is 0 Å². The smallest absolute Gasteiger partial charge is 0.312 e. The number of aliphatic hydroxyl groups is 1. The first-order valence-electron chi connectivity index (χ1n) is 5.16. The minimum atomic E-state index is -0.810. The van der Waals surface area contributed by atoms with Gasteiger partial charge >= 0.3 is 5.97 Å². The maximum absolute atomic E-state index is 11.3. The van der Waals surface area contributed by atoms with Gasteiger partial charge in [0.25, 0.3) is 0 Å². The number of aliphatic carboxylic acids is 1. The number of carboxylic acid groups (broad SMARTS) is 1. The summed E-state index contributed by atoms with van der Waals surface area (Å²) in [5, 5.41) is 19.0. The van der Waals surface area contributed by atoms with Crippen molar-refractivity contribution in [1.29, 1.82) is 0 Å². The molecule has 0 aromatic carbocycles. The Morgan fingerprint density at radius 3 is 2.64 bits per heavy atom. The van der Waals surface area contributed by atoms with Gasteiger partial charge in [0.15, 0.2) is 0 Å². The van der Waals surface area contributed by atoms with E-state index in [9.17, 15) is 15.0 Å². The standard InChI is InChI=1S/C10H16O4/c11-8-3-1-2-7(8)10(9(12)13)4-5-14-6-10/h7-8,11H,1-6H2,(H,12,13). The van der Waals surface area contributed by atoms with Gasteiger partial charge in [-0.15, -0.1) is 0 Å². The van der Waals surface area contributed by atoms with Crippen molar-refractivity contribution in [3.05, 3.63) is 0 Å². The van der Waals surface area contributed by atoms with Crippen molar-refractivity contribution in [2.24, 2.45) is 11.3 Å². The van der Waals surface area contributed by atoms with Crippen LogP contribution in [-0.2, 0) is 9.53 Å². The van der Waals surface area contributed by atoms with Crippen LogP contribution in [0.1, 0.15) is 25.7 Å². The summed E-state index contributed by atoms with van der Waals surface area (Å²) in [6, 6.07) is 0. The zero-order chi connectivity index (χ0) is 10.2. The summed E-state index contributed by atoms with van der Waals surface area (Å²) < 4.78 is 5.19. The fourth-order valence-corrected chi connectivity index (χ4v) is 2.79. The van der Waals surface area contributed by atoms with Crippen LogP contribution in [0, 0.1) is 11.3 Å². The number of ether oxygens (including phenoxy) is 1. The third-order valence-electron chi connectivity index (χ3n) is 3.67. The number of hydrogen-bond donors (Lipinski definition) is 2. The number of rotatable bonds is 2. The lowest BCUT2D eigenvalue weighted by atomic mass is 9.73. The molecule has 1 saturated heterocycles. The van der Waals surface area contributed by atoms with Gasteiger partial charge in [-0.05, 0) is 19.3 Å². The van der Waals surface area contributed by atoms with Crippen LogP contribution in [0.3, 0.4) is 0 Å². The molecule has 0 aromatic rings. The highest BCUT2D eigenvalue weighted by Gasteiger charge is 2.52. The number of hydrogen-bond acceptors (Lipinski definition) is 3.